The van der Waals surface area contributed by atoms with Crippen LogP contribution in [0.15, 0.2) is 126 Å². The van der Waals surface area contributed by atoms with E-state index in [0.717, 1.165) is 41.2 Å². The third-order valence-electron chi connectivity index (χ3n) is 7.68. The van der Waals surface area contributed by atoms with Crippen LogP contribution < -0.4 is 15.6 Å². The molecule has 0 atom stereocenters. The topological polar surface area (TPSA) is 63.0 Å². The van der Waals surface area contributed by atoms with Crippen LogP contribution in [0, 0.1) is 5.82 Å². The Morgan fingerprint density at radius 1 is 0.810 bits per heavy atom. The molecule has 1 aromatic heterocycles. The van der Waals surface area contributed by atoms with Crippen molar-refractivity contribution in [2.75, 3.05) is 36.5 Å². The third-order valence-corrected chi connectivity index (χ3v) is 8.29. The Hall–Kier alpha value is -4.33. The Kier molecular flexibility index (Phi) is 8.13. The van der Waals surface area contributed by atoms with Crippen LogP contribution in [-0.2, 0) is 10.3 Å². The highest BCUT2D eigenvalue weighted by Crippen LogP contribution is 2.41. The van der Waals surface area contributed by atoms with Crippen LogP contribution >= 0.6 is 15.9 Å². The molecule has 0 aliphatic carbocycles. The average Bonchev–Trinajstić information content (AvgIpc) is 3.06. The fourth-order valence-electron chi connectivity index (χ4n) is 5.56. The molecule has 4 aromatic carbocycles. The zero-order valence-corrected chi connectivity index (χ0v) is 24.6. The van der Waals surface area contributed by atoms with E-state index in [2.05, 4.69) is 67.5 Å². The molecule has 0 saturated carbocycles. The number of morpholine rings is 1. The minimum absolute atomic E-state index is 0.332. The molecule has 1 aliphatic heterocycles. The van der Waals surface area contributed by atoms with Crippen LogP contribution in [-0.4, -0.2) is 37.0 Å². The van der Waals surface area contributed by atoms with Crippen LogP contribution in [0.3, 0.4) is 0 Å². The maximum atomic E-state index is 15.3. The number of nitrogens with one attached hydrogen (secondary N) is 1. The third kappa shape index (κ3) is 5.45. The van der Waals surface area contributed by atoms with Gasteiger partial charge in [-0.1, -0.05) is 91.0 Å². The van der Waals surface area contributed by atoms with E-state index >= 15 is 4.39 Å². The molecule has 6 rings (SSSR count). The first-order valence-electron chi connectivity index (χ1n) is 13.9. The van der Waals surface area contributed by atoms with Gasteiger partial charge in [0.2, 0.25) is 5.71 Å². The zero-order chi connectivity index (χ0) is 28.9. The fraction of sp³-hybridized carbons (Fsp3) is 0.143. The van der Waals surface area contributed by atoms with E-state index in [9.17, 15) is 0 Å². The summed E-state index contributed by atoms with van der Waals surface area (Å²) in [5.74, 6) is 0.447. The summed E-state index contributed by atoms with van der Waals surface area (Å²) in [4.78, 5) is 6.77. The van der Waals surface area contributed by atoms with Gasteiger partial charge in [0.15, 0.2) is 0 Å². The number of aromatic nitrogens is 1. The van der Waals surface area contributed by atoms with E-state index in [1.807, 2.05) is 66.7 Å². The predicted molar refractivity (Wildman–Crippen MR) is 169 cm³/mol. The molecule has 1 saturated heterocycles. The average molecular weight is 623 g/mol. The van der Waals surface area contributed by atoms with Crippen LogP contribution in [0.4, 0.5) is 15.9 Å². The second kappa shape index (κ2) is 12.3. The zero-order valence-electron chi connectivity index (χ0n) is 23.0. The van der Waals surface area contributed by atoms with Gasteiger partial charge in [0.05, 0.1) is 34.5 Å². The lowest BCUT2D eigenvalue weighted by Crippen LogP contribution is -2.43. The number of hydrogen-bond acceptors (Lipinski definition) is 4. The molecular weight excluding hydrogens is 591 g/mol. The number of halogens is 2. The molecule has 1 aliphatic rings. The first kappa shape index (κ1) is 27.8. The summed E-state index contributed by atoms with van der Waals surface area (Å²) in [7, 11) is 0. The summed E-state index contributed by atoms with van der Waals surface area (Å²) in [6.45, 7) is 2.84. The van der Waals surface area contributed by atoms with Gasteiger partial charge in [0.25, 0.3) is 0 Å². The van der Waals surface area contributed by atoms with Crippen molar-refractivity contribution >= 4 is 33.1 Å². The van der Waals surface area contributed by atoms with Gasteiger partial charge in [-0.25, -0.2) is 9.37 Å². The highest BCUT2D eigenvalue weighted by Gasteiger charge is 2.37. The van der Waals surface area contributed by atoms with E-state index in [-0.39, 0.29) is 5.82 Å². The lowest BCUT2D eigenvalue weighted by atomic mass is 9.76. The Morgan fingerprint density at radius 3 is 1.90 bits per heavy atom. The summed E-state index contributed by atoms with van der Waals surface area (Å²) in [5.41, 5.74) is 4.73. The minimum atomic E-state index is -0.851. The Labute approximate surface area is 253 Å². The van der Waals surface area contributed by atoms with E-state index in [1.165, 1.54) is 6.07 Å². The number of nitrogens with two attached hydrogens (primary N) is 1. The van der Waals surface area contributed by atoms with Crippen molar-refractivity contribution in [2.45, 2.75) is 5.54 Å². The number of nitrogens with zero attached hydrogens (tertiary/aromatic N) is 2. The molecule has 0 amide bonds. The van der Waals surface area contributed by atoms with Gasteiger partial charge >= 0.3 is 0 Å². The van der Waals surface area contributed by atoms with Crippen LogP contribution in [0.5, 0.6) is 0 Å². The Bertz CT molecular complexity index is 1580. The number of pyridine rings is 1. The van der Waals surface area contributed by atoms with Gasteiger partial charge in [-0.15, -0.1) is 0 Å². The number of benzene rings is 4. The Morgan fingerprint density at radius 2 is 1.36 bits per heavy atom. The number of hydrogen-bond donors (Lipinski definition) is 2. The Balaban J connectivity index is 1.52. The fourth-order valence-corrected chi connectivity index (χ4v) is 5.91. The normalized spacial score (nSPS) is 13.5. The van der Waals surface area contributed by atoms with Crippen molar-refractivity contribution in [1.29, 1.82) is 0 Å². The molecule has 0 bridgehead atoms. The van der Waals surface area contributed by atoms with Crippen molar-refractivity contribution in [2.24, 2.45) is 0 Å². The molecule has 2 heterocycles. The van der Waals surface area contributed by atoms with Crippen LogP contribution in [0.25, 0.3) is 0 Å². The second-order valence-corrected chi connectivity index (χ2v) is 11.1. The standard InChI is InChI=1S/C35H30BrFN4O/c36-30-23-29(34(38)25-16-17-39-33(22-25)41-18-20-42-21-19-41)32(24-31(30)37)40-35(26-10-4-1-5-11-26,27-12-6-2-7-13-27)28-14-8-3-9-15-28/h1-17,22-24,38,40H,18-21H2/p+1. The molecule has 210 valence electrons. The summed E-state index contributed by atoms with van der Waals surface area (Å²) >= 11 is 3.41. The summed E-state index contributed by atoms with van der Waals surface area (Å²) in [6.07, 6.45) is 1.76. The summed E-state index contributed by atoms with van der Waals surface area (Å²) < 4.78 is 21.2. The monoisotopic (exact) mass is 621 g/mol. The van der Waals surface area contributed by atoms with E-state index in [0.29, 0.717) is 34.6 Å². The molecule has 5 nitrogen and oxygen atoms in total. The summed E-state index contributed by atoms with van der Waals surface area (Å²) in [6, 6.07) is 37.8. The number of ether oxygens (including phenoxy) is 1. The summed E-state index contributed by atoms with van der Waals surface area (Å²) in [5, 5.41) is 10.7. The molecule has 0 unspecified atom stereocenters. The molecule has 3 N–H and O–H groups in total. The highest BCUT2D eigenvalue weighted by atomic mass is 79.9. The van der Waals surface area contributed by atoms with Gasteiger partial charge in [-0.2, -0.15) is 0 Å². The van der Waals surface area contributed by atoms with E-state index in [4.69, 9.17) is 10.1 Å². The van der Waals surface area contributed by atoms with Gasteiger partial charge < -0.3 is 15.0 Å². The van der Waals surface area contributed by atoms with E-state index in [1.54, 1.807) is 12.3 Å². The second-order valence-electron chi connectivity index (χ2n) is 10.2. The number of anilines is 2. The molecule has 0 spiro atoms. The molecule has 0 radical (unpaired) electrons. The maximum absolute atomic E-state index is 15.3. The quantitative estimate of drug-likeness (QED) is 0.169. The van der Waals surface area contributed by atoms with E-state index < -0.39 is 5.54 Å². The first-order chi connectivity index (χ1) is 20.6. The lowest BCUT2D eigenvalue weighted by Gasteiger charge is -2.38. The maximum Gasteiger partial charge on any atom is 0.213 e. The van der Waals surface area contributed by atoms with Gasteiger partial charge in [0, 0.05) is 19.3 Å². The molecule has 42 heavy (non-hydrogen) atoms. The number of rotatable bonds is 8. The smallest absolute Gasteiger partial charge is 0.213 e. The van der Waals surface area contributed by atoms with Gasteiger partial charge in [-0.3, -0.25) is 5.41 Å². The van der Waals surface area contributed by atoms with Crippen molar-refractivity contribution in [3.63, 3.8) is 0 Å². The molecular formula is C35H31BrFN4O+. The molecule has 7 heteroatoms. The molecule has 1 fully saturated rings. The van der Waals surface area contributed by atoms with Gasteiger partial charge in [-0.05, 0) is 56.9 Å². The largest absolute Gasteiger partial charge is 0.378 e. The van der Waals surface area contributed by atoms with Crippen LogP contribution in [0.2, 0.25) is 0 Å². The first-order valence-corrected chi connectivity index (χ1v) is 14.7. The molecule has 5 aromatic rings. The SMILES string of the molecule is [NH2+]=C(c1ccnc(N2CCOCC2)c1)c1cc(Br)c(F)cc1NC(c1ccccc1)(c1ccccc1)c1ccccc1. The minimum Gasteiger partial charge on any atom is -0.378 e. The van der Waals surface area contributed by atoms with Gasteiger partial charge in [0.1, 0.15) is 17.2 Å². The lowest BCUT2D eigenvalue weighted by molar-refractivity contribution is -0.111. The van der Waals surface area contributed by atoms with Crippen molar-refractivity contribution in [3.05, 3.63) is 160 Å². The van der Waals surface area contributed by atoms with Crippen molar-refractivity contribution < 1.29 is 14.5 Å². The van der Waals surface area contributed by atoms with Crippen LogP contribution in [0.1, 0.15) is 27.8 Å². The highest BCUT2D eigenvalue weighted by molar-refractivity contribution is 9.10. The van der Waals surface area contributed by atoms with Crippen molar-refractivity contribution in [3.8, 4) is 0 Å². The van der Waals surface area contributed by atoms with Crippen molar-refractivity contribution in [1.82, 2.24) is 4.98 Å². The predicted octanol–water partition coefficient (Wildman–Crippen LogP) is 5.82.